The predicted molar refractivity (Wildman–Crippen MR) is 88.7 cm³/mol. The Morgan fingerprint density at radius 2 is 1.92 bits per heavy atom. The molecule has 1 aliphatic carbocycles. The van der Waals surface area contributed by atoms with Crippen LogP contribution in [0.4, 0.5) is 0 Å². The number of nitrogens with zero attached hydrogens (tertiary/aromatic N) is 3. The van der Waals surface area contributed by atoms with Crippen molar-refractivity contribution in [2.24, 2.45) is 28.6 Å². The highest BCUT2D eigenvalue weighted by Gasteiger charge is 2.80. The van der Waals surface area contributed by atoms with Crippen LogP contribution >= 0.6 is 0 Å². The third-order valence-electron chi connectivity index (χ3n) is 6.36. The molecule has 0 aromatic rings. The molecule has 25 heavy (non-hydrogen) atoms. The van der Waals surface area contributed by atoms with E-state index in [2.05, 4.69) is 25.1 Å². The first-order chi connectivity index (χ1) is 11.9. The summed E-state index contributed by atoms with van der Waals surface area (Å²) in [5, 5.41) is 38.6. The summed E-state index contributed by atoms with van der Waals surface area (Å²) in [5.74, 6) is -1.49. The van der Waals surface area contributed by atoms with Crippen molar-refractivity contribution in [1.82, 2.24) is 0 Å². The lowest BCUT2D eigenvalue weighted by Gasteiger charge is -2.53. The number of nitriles is 3. The molecule has 2 saturated heterocycles. The van der Waals surface area contributed by atoms with Gasteiger partial charge in [-0.15, -0.1) is 0 Å². The van der Waals surface area contributed by atoms with E-state index in [1.807, 2.05) is 13.8 Å². The summed E-state index contributed by atoms with van der Waals surface area (Å²) in [6, 6.07) is 6.41. The highest BCUT2D eigenvalue weighted by atomic mass is 16.7. The average molecular weight is 340 g/mol. The van der Waals surface area contributed by atoms with Gasteiger partial charge in [0, 0.05) is 6.42 Å². The lowest BCUT2D eigenvalue weighted by molar-refractivity contribution is -0.303. The Morgan fingerprint density at radius 1 is 1.24 bits per heavy atom. The van der Waals surface area contributed by atoms with Gasteiger partial charge in [-0.2, -0.15) is 15.8 Å². The van der Waals surface area contributed by atoms with Crippen molar-refractivity contribution in [1.29, 1.82) is 21.2 Å². The zero-order chi connectivity index (χ0) is 18.5. The quantitative estimate of drug-likeness (QED) is 0.844. The summed E-state index contributed by atoms with van der Waals surface area (Å²) in [7, 11) is 0. The molecule has 132 valence electrons. The highest BCUT2D eigenvalue weighted by Crippen LogP contribution is 2.67. The van der Waals surface area contributed by atoms with Gasteiger partial charge >= 0.3 is 0 Å². The molecule has 5 unspecified atom stereocenters. The zero-order valence-electron chi connectivity index (χ0n) is 15.0. The lowest BCUT2D eigenvalue weighted by Crippen LogP contribution is -2.65. The fraction of sp³-hybridized carbons (Fsp3) is 0.789. The molecule has 3 fully saturated rings. The number of hydrogen-bond donors (Lipinski definition) is 1. The monoisotopic (exact) mass is 340 g/mol. The van der Waals surface area contributed by atoms with Gasteiger partial charge in [-0.05, 0) is 24.7 Å². The fourth-order valence-electron chi connectivity index (χ4n) is 5.25. The van der Waals surface area contributed by atoms with Gasteiger partial charge in [0.15, 0.2) is 10.8 Å². The van der Waals surface area contributed by atoms with Crippen molar-refractivity contribution in [3.05, 3.63) is 0 Å². The lowest BCUT2D eigenvalue weighted by atomic mass is 9.50. The number of rotatable bonds is 3. The standard InChI is InChI=1S/C19H24N4O2/c1-4-5-13-6-7-19-14(8-13)18(11-22,16(23)25-19)17(9-20,10-21)15(24-19)12(2)3/h12-15,23H,4-8H2,1-3H3. The molecule has 0 aromatic carbocycles. The van der Waals surface area contributed by atoms with Gasteiger partial charge in [0.2, 0.25) is 11.7 Å². The molecule has 6 nitrogen and oxygen atoms in total. The maximum atomic E-state index is 10.2. The van der Waals surface area contributed by atoms with Crippen LogP contribution in [0.5, 0.6) is 0 Å². The van der Waals surface area contributed by atoms with E-state index >= 15 is 0 Å². The van der Waals surface area contributed by atoms with Crippen LogP contribution in [0.2, 0.25) is 0 Å². The second-order valence-electron chi connectivity index (χ2n) is 7.96. The minimum Gasteiger partial charge on any atom is -0.447 e. The topological polar surface area (TPSA) is 114 Å². The number of ether oxygens (including phenoxy) is 2. The molecule has 0 aromatic heterocycles. The van der Waals surface area contributed by atoms with Gasteiger partial charge in [-0.1, -0.05) is 33.6 Å². The zero-order valence-corrected chi connectivity index (χ0v) is 15.0. The van der Waals surface area contributed by atoms with Gasteiger partial charge in [0.05, 0.1) is 30.2 Å². The summed E-state index contributed by atoms with van der Waals surface area (Å²) in [6.45, 7) is 5.88. The molecular formula is C19H24N4O2. The number of hydrogen-bond acceptors (Lipinski definition) is 6. The molecular weight excluding hydrogens is 316 g/mol. The molecule has 2 heterocycles. The Morgan fingerprint density at radius 3 is 2.44 bits per heavy atom. The first kappa shape index (κ1) is 17.7. The van der Waals surface area contributed by atoms with Crippen LogP contribution in [0.25, 0.3) is 0 Å². The Hall–Kier alpha value is -2.10. The maximum absolute atomic E-state index is 10.2. The molecule has 0 amide bonds. The van der Waals surface area contributed by atoms with Crippen molar-refractivity contribution in [3.8, 4) is 18.2 Å². The minimum absolute atomic E-state index is 0.146. The van der Waals surface area contributed by atoms with Gasteiger partial charge in [-0.25, -0.2) is 0 Å². The van der Waals surface area contributed by atoms with Crippen LogP contribution < -0.4 is 0 Å². The molecule has 1 N–H and O–H groups in total. The second kappa shape index (κ2) is 5.72. The van der Waals surface area contributed by atoms with E-state index in [4.69, 9.17) is 14.9 Å². The van der Waals surface area contributed by atoms with Crippen LogP contribution in [0.15, 0.2) is 0 Å². The van der Waals surface area contributed by atoms with Crippen LogP contribution in [0.1, 0.15) is 52.9 Å². The molecule has 3 rings (SSSR count). The van der Waals surface area contributed by atoms with Crippen LogP contribution in [0.3, 0.4) is 0 Å². The van der Waals surface area contributed by atoms with E-state index in [0.717, 1.165) is 19.3 Å². The first-order valence-corrected chi connectivity index (χ1v) is 9.07. The summed E-state index contributed by atoms with van der Waals surface area (Å²) < 4.78 is 12.2. The van der Waals surface area contributed by atoms with E-state index in [1.54, 1.807) is 0 Å². The van der Waals surface area contributed by atoms with Gasteiger partial charge in [-0.3, -0.25) is 5.41 Å². The van der Waals surface area contributed by atoms with Crippen LogP contribution in [-0.2, 0) is 9.47 Å². The van der Waals surface area contributed by atoms with E-state index in [9.17, 15) is 15.8 Å². The van der Waals surface area contributed by atoms with E-state index < -0.39 is 28.6 Å². The van der Waals surface area contributed by atoms with E-state index in [0.29, 0.717) is 18.8 Å². The highest BCUT2D eigenvalue weighted by molar-refractivity contribution is 5.89. The van der Waals surface area contributed by atoms with Gasteiger partial charge in [0.1, 0.15) is 0 Å². The van der Waals surface area contributed by atoms with E-state index in [-0.39, 0.29) is 11.8 Å². The molecule has 3 aliphatic rings. The van der Waals surface area contributed by atoms with Gasteiger partial charge < -0.3 is 9.47 Å². The Bertz CT molecular complexity index is 698. The third kappa shape index (κ3) is 1.94. The van der Waals surface area contributed by atoms with Crippen molar-refractivity contribution < 1.29 is 9.47 Å². The molecule has 5 atom stereocenters. The summed E-state index contributed by atoms with van der Waals surface area (Å²) in [5.41, 5.74) is -3.29. The van der Waals surface area contributed by atoms with Crippen LogP contribution in [-0.4, -0.2) is 17.8 Å². The average Bonchev–Trinajstić information content (AvgIpc) is 2.79. The Kier molecular flexibility index (Phi) is 4.05. The molecule has 1 saturated carbocycles. The van der Waals surface area contributed by atoms with Crippen LogP contribution in [0, 0.1) is 68.0 Å². The minimum atomic E-state index is -1.73. The third-order valence-corrected chi connectivity index (χ3v) is 6.36. The van der Waals surface area contributed by atoms with Crippen molar-refractivity contribution in [3.63, 3.8) is 0 Å². The summed E-state index contributed by atoms with van der Waals surface area (Å²) in [6.07, 6.45) is 3.48. The van der Waals surface area contributed by atoms with Crippen molar-refractivity contribution >= 4 is 5.90 Å². The van der Waals surface area contributed by atoms with Crippen molar-refractivity contribution in [2.45, 2.75) is 64.8 Å². The second-order valence-corrected chi connectivity index (χ2v) is 7.96. The predicted octanol–water partition coefficient (Wildman–Crippen LogP) is 3.50. The first-order valence-electron chi connectivity index (χ1n) is 9.07. The molecule has 0 radical (unpaired) electrons. The SMILES string of the molecule is CCCC1CCC23OC(=N)C(C#N)(C2C1)C(C#N)(C#N)C(C(C)C)O3. The number of nitrogens with one attached hydrogen (secondary N) is 1. The van der Waals surface area contributed by atoms with Gasteiger partial charge in [0.25, 0.3) is 0 Å². The summed E-state index contributed by atoms with van der Waals surface area (Å²) >= 11 is 0. The molecule has 2 aliphatic heterocycles. The largest absolute Gasteiger partial charge is 0.447 e. The van der Waals surface area contributed by atoms with E-state index in [1.165, 1.54) is 0 Å². The molecule has 6 heteroatoms. The maximum Gasteiger partial charge on any atom is 0.217 e. The Labute approximate surface area is 148 Å². The molecule has 2 bridgehead atoms. The normalized spacial score (nSPS) is 41.2. The summed E-state index contributed by atoms with van der Waals surface area (Å²) in [4.78, 5) is 0. The fourth-order valence-corrected chi connectivity index (χ4v) is 5.25. The molecule has 0 spiro atoms. The smallest absolute Gasteiger partial charge is 0.217 e. The van der Waals surface area contributed by atoms with Crippen molar-refractivity contribution in [2.75, 3.05) is 0 Å². The Balaban J connectivity index is 2.20.